The van der Waals surface area contributed by atoms with Crippen LogP contribution in [0.15, 0.2) is 10.4 Å². The summed E-state index contributed by atoms with van der Waals surface area (Å²) >= 11 is 1.69. The van der Waals surface area contributed by atoms with Crippen molar-refractivity contribution in [3.8, 4) is 0 Å². The number of nitrogens with two attached hydrogens (primary N) is 1. The minimum absolute atomic E-state index is 0. The minimum Gasteiger partial charge on any atom is -0.370 e. The minimum atomic E-state index is 0. The molecule has 1 aliphatic rings. The van der Waals surface area contributed by atoms with Crippen LogP contribution in [0.25, 0.3) is 0 Å². The number of hydrogen-bond donors (Lipinski definition) is 2. The van der Waals surface area contributed by atoms with Gasteiger partial charge in [0.2, 0.25) is 0 Å². The third-order valence-corrected chi connectivity index (χ3v) is 3.64. The predicted octanol–water partition coefficient (Wildman–Crippen LogP) is 2.84. The lowest BCUT2D eigenvalue weighted by Gasteiger charge is -2.03. The molecule has 0 amide bonds. The first-order valence-electron chi connectivity index (χ1n) is 6.27. The zero-order valence-electron chi connectivity index (χ0n) is 10.7. The summed E-state index contributed by atoms with van der Waals surface area (Å²) in [6.07, 6.45) is 4.89. The Morgan fingerprint density at radius 2 is 2.39 bits per heavy atom. The molecule has 0 spiro atoms. The normalized spacial score (nSPS) is 15.3. The van der Waals surface area contributed by atoms with E-state index in [4.69, 9.17) is 5.73 Å². The fourth-order valence-electron chi connectivity index (χ4n) is 1.57. The Labute approximate surface area is 129 Å². The number of halogens is 1. The highest BCUT2D eigenvalue weighted by molar-refractivity contribution is 14.0. The molecule has 0 bridgehead atoms. The molecular formula is C12H21IN4S. The second-order valence-corrected chi connectivity index (χ2v) is 5.36. The smallest absolute Gasteiger partial charge is 0.189 e. The summed E-state index contributed by atoms with van der Waals surface area (Å²) in [6, 6.07) is 0. The summed E-state index contributed by atoms with van der Waals surface area (Å²) in [7, 11) is 0. The SMILES string of the molecule is CCCCNC(N)=NCc1nc(C2CC2)cs1.I. The molecule has 0 unspecified atom stereocenters. The average Bonchev–Trinajstić information content (AvgIpc) is 3.07. The molecule has 0 radical (unpaired) electrons. The summed E-state index contributed by atoms with van der Waals surface area (Å²) in [5.41, 5.74) is 7.00. The number of nitrogens with zero attached hydrogens (tertiary/aromatic N) is 2. The van der Waals surface area contributed by atoms with E-state index in [9.17, 15) is 0 Å². The van der Waals surface area contributed by atoms with E-state index in [1.165, 1.54) is 18.5 Å². The summed E-state index contributed by atoms with van der Waals surface area (Å²) < 4.78 is 0. The van der Waals surface area contributed by atoms with Crippen molar-refractivity contribution in [1.82, 2.24) is 10.3 Å². The first kappa shape index (κ1) is 15.7. The van der Waals surface area contributed by atoms with E-state index in [2.05, 4.69) is 27.6 Å². The zero-order chi connectivity index (χ0) is 12.1. The number of rotatable bonds is 6. The van der Waals surface area contributed by atoms with Crippen LogP contribution < -0.4 is 11.1 Å². The maximum atomic E-state index is 5.76. The van der Waals surface area contributed by atoms with Crippen molar-refractivity contribution in [2.75, 3.05) is 6.54 Å². The highest BCUT2D eigenvalue weighted by Crippen LogP contribution is 2.40. The van der Waals surface area contributed by atoms with Gasteiger partial charge >= 0.3 is 0 Å². The molecule has 0 atom stereocenters. The van der Waals surface area contributed by atoms with E-state index >= 15 is 0 Å². The fraction of sp³-hybridized carbons (Fsp3) is 0.667. The van der Waals surface area contributed by atoms with Crippen LogP contribution >= 0.6 is 35.3 Å². The van der Waals surface area contributed by atoms with Gasteiger partial charge in [0.1, 0.15) is 5.01 Å². The maximum absolute atomic E-state index is 5.76. The van der Waals surface area contributed by atoms with Gasteiger partial charge < -0.3 is 11.1 Å². The van der Waals surface area contributed by atoms with E-state index in [-0.39, 0.29) is 24.0 Å². The Morgan fingerprint density at radius 3 is 3.06 bits per heavy atom. The van der Waals surface area contributed by atoms with Gasteiger partial charge in [0.05, 0.1) is 12.2 Å². The van der Waals surface area contributed by atoms with Crippen LogP contribution in [-0.2, 0) is 6.54 Å². The molecule has 1 aromatic rings. The first-order chi connectivity index (χ1) is 8.29. The first-order valence-corrected chi connectivity index (χ1v) is 7.15. The van der Waals surface area contributed by atoms with Crippen LogP contribution in [0.4, 0.5) is 0 Å². The largest absolute Gasteiger partial charge is 0.370 e. The maximum Gasteiger partial charge on any atom is 0.189 e. The molecule has 4 nitrogen and oxygen atoms in total. The van der Waals surface area contributed by atoms with Gasteiger partial charge in [0, 0.05) is 17.8 Å². The van der Waals surface area contributed by atoms with Gasteiger partial charge in [-0.05, 0) is 19.3 Å². The number of guanidine groups is 1. The van der Waals surface area contributed by atoms with E-state index in [0.717, 1.165) is 30.3 Å². The standard InChI is InChI=1S/C12H20N4S.HI/c1-2-3-6-14-12(13)15-7-11-16-10(8-17-11)9-4-5-9;/h8-9H,2-7H2,1H3,(H3,13,14,15);1H. The highest BCUT2D eigenvalue weighted by atomic mass is 127. The van der Waals surface area contributed by atoms with Gasteiger partial charge in [-0.25, -0.2) is 9.98 Å². The average molecular weight is 380 g/mol. The van der Waals surface area contributed by atoms with Crippen molar-refractivity contribution >= 4 is 41.3 Å². The fourth-order valence-corrected chi connectivity index (χ4v) is 2.37. The highest BCUT2D eigenvalue weighted by Gasteiger charge is 2.25. The summed E-state index contributed by atoms with van der Waals surface area (Å²) in [5.74, 6) is 1.26. The second-order valence-electron chi connectivity index (χ2n) is 4.42. The molecule has 0 aliphatic heterocycles. The number of nitrogens with one attached hydrogen (secondary N) is 1. The number of aromatic nitrogens is 1. The van der Waals surface area contributed by atoms with Crippen LogP contribution in [0.2, 0.25) is 0 Å². The van der Waals surface area contributed by atoms with E-state index in [1.54, 1.807) is 11.3 Å². The van der Waals surface area contributed by atoms with Crippen LogP contribution in [0.1, 0.15) is 49.2 Å². The van der Waals surface area contributed by atoms with E-state index in [0.29, 0.717) is 12.5 Å². The van der Waals surface area contributed by atoms with Gasteiger partial charge in [-0.15, -0.1) is 35.3 Å². The van der Waals surface area contributed by atoms with Crippen molar-refractivity contribution in [2.45, 2.75) is 45.1 Å². The Hall–Kier alpha value is -0.370. The number of aliphatic imine (C=N–C) groups is 1. The van der Waals surface area contributed by atoms with Gasteiger partial charge in [-0.1, -0.05) is 13.3 Å². The quantitative estimate of drug-likeness (QED) is 0.345. The van der Waals surface area contributed by atoms with E-state index < -0.39 is 0 Å². The topological polar surface area (TPSA) is 63.3 Å². The number of thiazole rings is 1. The molecule has 1 fully saturated rings. The van der Waals surface area contributed by atoms with E-state index in [1.807, 2.05) is 0 Å². The Balaban J connectivity index is 0.00000162. The van der Waals surface area contributed by atoms with Crippen molar-refractivity contribution < 1.29 is 0 Å². The van der Waals surface area contributed by atoms with Crippen LogP contribution in [-0.4, -0.2) is 17.5 Å². The summed E-state index contributed by atoms with van der Waals surface area (Å²) in [5, 5.41) is 6.32. The monoisotopic (exact) mass is 380 g/mol. The molecule has 1 aromatic heterocycles. The number of hydrogen-bond acceptors (Lipinski definition) is 3. The molecule has 0 aromatic carbocycles. The van der Waals surface area contributed by atoms with Gasteiger partial charge in [0.15, 0.2) is 5.96 Å². The van der Waals surface area contributed by atoms with Gasteiger partial charge in [0.25, 0.3) is 0 Å². The van der Waals surface area contributed by atoms with Crippen LogP contribution in [0.3, 0.4) is 0 Å². The molecule has 18 heavy (non-hydrogen) atoms. The summed E-state index contributed by atoms with van der Waals surface area (Å²) in [4.78, 5) is 8.86. The molecule has 1 heterocycles. The molecule has 6 heteroatoms. The molecular weight excluding hydrogens is 359 g/mol. The predicted molar refractivity (Wildman–Crippen MR) is 87.7 cm³/mol. The van der Waals surface area contributed by atoms with Gasteiger partial charge in [-0.3, -0.25) is 0 Å². The van der Waals surface area contributed by atoms with Crippen molar-refractivity contribution in [3.63, 3.8) is 0 Å². The second kappa shape index (κ2) is 7.93. The Bertz CT molecular complexity index is 387. The van der Waals surface area contributed by atoms with Gasteiger partial charge in [-0.2, -0.15) is 0 Å². The Morgan fingerprint density at radius 1 is 1.61 bits per heavy atom. The third kappa shape index (κ3) is 5.09. The van der Waals surface area contributed by atoms with Crippen LogP contribution in [0, 0.1) is 0 Å². The molecule has 1 saturated carbocycles. The Kier molecular flexibility index (Phi) is 6.91. The molecule has 2 rings (SSSR count). The summed E-state index contributed by atoms with van der Waals surface area (Å²) in [6.45, 7) is 3.66. The van der Waals surface area contributed by atoms with Crippen molar-refractivity contribution in [2.24, 2.45) is 10.7 Å². The lowest BCUT2D eigenvalue weighted by molar-refractivity contribution is 0.748. The third-order valence-electron chi connectivity index (χ3n) is 2.79. The van der Waals surface area contributed by atoms with Crippen LogP contribution in [0.5, 0.6) is 0 Å². The lowest BCUT2D eigenvalue weighted by Crippen LogP contribution is -2.32. The lowest BCUT2D eigenvalue weighted by atomic mass is 10.3. The molecule has 0 saturated heterocycles. The molecule has 1 aliphatic carbocycles. The molecule has 3 N–H and O–H groups in total. The van der Waals surface area contributed by atoms with Crippen molar-refractivity contribution in [1.29, 1.82) is 0 Å². The van der Waals surface area contributed by atoms with Crippen molar-refractivity contribution in [3.05, 3.63) is 16.1 Å². The molecule has 102 valence electrons. The number of unbranched alkanes of at least 4 members (excludes halogenated alkanes) is 1. The zero-order valence-corrected chi connectivity index (χ0v) is 13.8.